The van der Waals surface area contributed by atoms with E-state index in [1.807, 2.05) is 38.1 Å². The molecule has 1 aliphatic heterocycles. The number of carbonyl (C=O) groups excluding carboxylic acids is 1. The molecule has 0 saturated heterocycles. The first kappa shape index (κ1) is 15.4. The maximum absolute atomic E-state index is 12.5. The highest BCUT2D eigenvalue weighted by Gasteiger charge is 2.34. The smallest absolute Gasteiger partial charge is 0.337 e. The predicted molar refractivity (Wildman–Crippen MR) is 97.4 cm³/mol. The summed E-state index contributed by atoms with van der Waals surface area (Å²) in [5, 5.41) is 3.26. The van der Waals surface area contributed by atoms with Gasteiger partial charge in [-0.05, 0) is 31.5 Å². The maximum Gasteiger partial charge on any atom is 0.337 e. The van der Waals surface area contributed by atoms with Gasteiger partial charge in [0.05, 0.1) is 29.8 Å². The molecule has 0 aliphatic carbocycles. The Kier molecular flexibility index (Phi) is 3.57. The molecule has 1 aromatic heterocycles. The van der Waals surface area contributed by atoms with Crippen LogP contribution >= 0.6 is 0 Å². The molecule has 0 spiro atoms. The van der Waals surface area contributed by atoms with Crippen molar-refractivity contribution in [3.8, 4) is 0 Å². The highest BCUT2D eigenvalue weighted by molar-refractivity contribution is 5.94. The molecule has 1 N–H and O–H groups in total. The van der Waals surface area contributed by atoms with E-state index >= 15 is 0 Å². The van der Waals surface area contributed by atoms with Gasteiger partial charge in [0.2, 0.25) is 5.95 Å². The lowest BCUT2D eigenvalue weighted by molar-refractivity contribution is -0.136. The van der Waals surface area contributed by atoms with Crippen molar-refractivity contribution in [3.05, 3.63) is 70.9 Å². The van der Waals surface area contributed by atoms with Gasteiger partial charge in [0.1, 0.15) is 0 Å². The number of hydrogen-bond donors (Lipinski definition) is 1. The fourth-order valence-corrected chi connectivity index (χ4v) is 3.40. The molecular formula is C20H19N3O2. The topological polar surface area (TPSA) is 56.1 Å². The molecule has 5 heteroatoms. The standard InChI is InChI=1S/C20H19N3O2/c1-12-8-10-14(11-9-12)18-17(19(24)25-3)13(2)21-20-22-15-6-4-5-7-16(15)23(18)20/h4-11,18H,1-3H3,(H,21,22)/t18-/m1/s1. The van der Waals surface area contributed by atoms with Crippen LogP contribution in [0.1, 0.15) is 24.1 Å². The zero-order valence-electron chi connectivity index (χ0n) is 14.4. The Labute approximate surface area is 145 Å². The second kappa shape index (κ2) is 5.77. The average Bonchev–Trinajstić information content (AvgIpc) is 2.98. The number of esters is 1. The first-order valence-corrected chi connectivity index (χ1v) is 8.20. The number of carbonyl (C=O) groups is 1. The van der Waals surface area contributed by atoms with Crippen molar-refractivity contribution in [2.24, 2.45) is 0 Å². The Morgan fingerprint density at radius 1 is 1.12 bits per heavy atom. The molecule has 126 valence electrons. The molecule has 0 fully saturated rings. The van der Waals surface area contributed by atoms with E-state index in [0.29, 0.717) is 5.57 Å². The van der Waals surface area contributed by atoms with Gasteiger partial charge in [0, 0.05) is 5.70 Å². The van der Waals surface area contributed by atoms with Crippen LogP contribution in [0.25, 0.3) is 11.0 Å². The number of nitrogens with zero attached hydrogens (tertiary/aromatic N) is 2. The molecule has 0 bridgehead atoms. The van der Waals surface area contributed by atoms with Gasteiger partial charge in [-0.1, -0.05) is 42.0 Å². The van der Waals surface area contributed by atoms with Crippen molar-refractivity contribution in [1.29, 1.82) is 0 Å². The van der Waals surface area contributed by atoms with Gasteiger partial charge in [-0.15, -0.1) is 0 Å². The van der Waals surface area contributed by atoms with Crippen molar-refractivity contribution >= 4 is 23.0 Å². The van der Waals surface area contributed by atoms with Crippen LogP contribution in [0.2, 0.25) is 0 Å². The van der Waals surface area contributed by atoms with Gasteiger partial charge in [-0.2, -0.15) is 0 Å². The molecule has 4 rings (SSSR count). The summed E-state index contributed by atoms with van der Waals surface area (Å²) in [5.74, 6) is 0.399. The van der Waals surface area contributed by atoms with E-state index in [-0.39, 0.29) is 12.0 Å². The minimum absolute atomic E-state index is 0.281. The first-order chi connectivity index (χ1) is 12.1. The lowest BCUT2D eigenvalue weighted by atomic mass is 9.94. The monoisotopic (exact) mass is 333 g/mol. The van der Waals surface area contributed by atoms with Crippen molar-refractivity contribution in [2.45, 2.75) is 19.9 Å². The van der Waals surface area contributed by atoms with E-state index in [1.54, 1.807) is 0 Å². The molecule has 0 saturated carbocycles. The molecule has 0 unspecified atom stereocenters. The van der Waals surface area contributed by atoms with Crippen LogP contribution < -0.4 is 5.32 Å². The van der Waals surface area contributed by atoms with Gasteiger partial charge in [-0.25, -0.2) is 9.78 Å². The number of para-hydroxylation sites is 2. The number of aryl methyl sites for hydroxylation is 1. The van der Waals surface area contributed by atoms with Crippen LogP contribution in [0.5, 0.6) is 0 Å². The van der Waals surface area contributed by atoms with Crippen LogP contribution in [0, 0.1) is 6.92 Å². The summed E-state index contributed by atoms with van der Waals surface area (Å²) in [6.07, 6.45) is 0. The van der Waals surface area contributed by atoms with Crippen molar-refractivity contribution < 1.29 is 9.53 Å². The maximum atomic E-state index is 12.5. The number of ether oxygens (including phenoxy) is 1. The normalized spacial score (nSPS) is 16.5. The lowest BCUT2D eigenvalue weighted by Gasteiger charge is -2.30. The summed E-state index contributed by atoms with van der Waals surface area (Å²) in [5.41, 5.74) is 5.43. The Bertz CT molecular complexity index is 999. The van der Waals surface area contributed by atoms with Gasteiger partial charge in [0.15, 0.2) is 0 Å². The van der Waals surface area contributed by atoms with Crippen molar-refractivity contribution in [3.63, 3.8) is 0 Å². The van der Waals surface area contributed by atoms with Crippen molar-refractivity contribution in [1.82, 2.24) is 9.55 Å². The van der Waals surface area contributed by atoms with Gasteiger partial charge in [0.25, 0.3) is 0 Å². The fraction of sp³-hybridized carbons (Fsp3) is 0.200. The Morgan fingerprint density at radius 3 is 2.56 bits per heavy atom. The highest BCUT2D eigenvalue weighted by atomic mass is 16.5. The second-order valence-electron chi connectivity index (χ2n) is 6.26. The van der Waals surface area contributed by atoms with Crippen LogP contribution in [-0.2, 0) is 9.53 Å². The van der Waals surface area contributed by atoms with Crippen LogP contribution in [0.4, 0.5) is 5.95 Å². The van der Waals surface area contributed by atoms with E-state index in [0.717, 1.165) is 28.2 Å². The molecule has 5 nitrogen and oxygen atoms in total. The quantitative estimate of drug-likeness (QED) is 0.725. The van der Waals surface area contributed by atoms with E-state index in [2.05, 4.69) is 39.1 Å². The molecule has 2 aromatic carbocycles. The van der Waals surface area contributed by atoms with Crippen LogP contribution in [0.15, 0.2) is 59.8 Å². The van der Waals surface area contributed by atoms with Gasteiger partial charge in [-0.3, -0.25) is 4.57 Å². The number of aromatic nitrogens is 2. The SMILES string of the molecule is COC(=O)C1=C(C)Nc2nc3ccccc3n2[C@@H]1c1ccc(C)cc1. The number of fused-ring (bicyclic) bond motifs is 3. The summed E-state index contributed by atoms with van der Waals surface area (Å²) >= 11 is 0. The largest absolute Gasteiger partial charge is 0.466 e. The number of allylic oxidation sites excluding steroid dienone is 1. The number of imidazole rings is 1. The number of benzene rings is 2. The van der Waals surface area contributed by atoms with E-state index in [9.17, 15) is 4.79 Å². The second-order valence-corrected chi connectivity index (χ2v) is 6.26. The van der Waals surface area contributed by atoms with E-state index in [4.69, 9.17) is 4.74 Å². The molecule has 1 aliphatic rings. The third-order valence-electron chi connectivity index (χ3n) is 4.63. The Hall–Kier alpha value is -3.08. The minimum atomic E-state index is -0.334. The molecule has 0 radical (unpaired) electrons. The average molecular weight is 333 g/mol. The molecular weight excluding hydrogens is 314 g/mol. The Morgan fingerprint density at radius 2 is 1.84 bits per heavy atom. The molecule has 1 atom stereocenters. The highest BCUT2D eigenvalue weighted by Crippen LogP contribution is 2.39. The van der Waals surface area contributed by atoms with E-state index < -0.39 is 0 Å². The minimum Gasteiger partial charge on any atom is -0.466 e. The van der Waals surface area contributed by atoms with E-state index in [1.165, 1.54) is 12.7 Å². The summed E-state index contributed by atoms with van der Waals surface area (Å²) in [4.78, 5) is 17.2. The molecule has 0 amide bonds. The number of anilines is 1. The number of nitrogens with one attached hydrogen (secondary N) is 1. The third kappa shape index (κ3) is 2.39. The predicted octanol–water partition coefficient (Wildman–Crippen LogP) is 3.81. The number of hydrogen-bond acceptors (Lipinski definition) is 4. The summed E-state index contributed by atoms with van der Waals surface area (Å²) in [6.45, 7) is 3.93. The first-order valence-electron chi connectivity index (χ1n) is 8.20. The number of rotatable bonds is 2. The van der Waals surface area contributed by atoms with Gasteiger partial charge < -0.3 is 10.1 Å². The molecule has 2 heterocycles. The molecule has 25 heavy (non-hydrogen) atoms. The van der Waals surface area contributed by atoms with Crippen molar-refractivity contribution in [2.75, 3.05) is 12.4 Å². The van der Waals surface area contributed by atoms with Gasteiger partial charge >= 0.3 is 5.97 Å². The summed E-state index contributed by atoms with van der Waals surface area (Å²) in [7, 11) is 1.41. The van der Waals surface area contributed by atoms with Crippen LogP contribution in [-0.4, -0.2) is 22.6 Å². The Balaban J connectivity index is 2.01. The zero-order valence-corrected chi connectivity index (χ0v) is 14.4. The third-order valence-corrected chi connectivity index (χ3v) is 4.63. The van der Waals surface area contributed by atoms with Crippen LogP contribution in [0.3, 0.4) is 0 Å². The number of methoxy groups -OCH3 is 1. The summed E-state index contributed by atoms with van der Waals surface area (Å²) in [6, 6.07) is 15.9. The summed E-state index contributed by atoms with van der Waals surface area (Å²) < 4.78 is 7.14. The molecule has 3 aromatic rings. The zero-order chi connectivity index (χ0) is 17.6. The fourth-order valence-electron chi connectivity index (χ4n) is 3.40. The lowest BCUT2D eigenvalue weighted by Crippen LogP contribution is -2.28.